The number of hydrogen-bond donors (Lipinski definition) is 2. The summed E-state index contributed by atoms with van der Waals surface area (Å²) in [7, 11) is 1.65. The van der Waals surface area contributed by atoms with Gasteiger partial charge in [0.2, 0.25) is 0 Å². The number of carboxylic acids is 1. The number of nitrogens with zero attached hydrogens (tertiary/aromatic N) is 4. The van der Waals surface area contributed by atoms with Crippen molar-refractivity contribution in [2.24, 2.45) is 0 Å². The van der Waals surface area contributed by atoms with Crippen molar-refractivity contribution >= 4 is 29.0 Å². The highest BCUT2D eigenvalue weighted by molar-refractivity contribution is 7.07. The molecular formula is C11H13N5O3S. The zero-order valence-corrected chi connectivity index (χ0v) is 11.5. The Hall–Kier alpha value is -2.42. The van der Waals surface area contributed by atoms with Gasteiger partial charge in [-0.25, -0.2) is 9.78 Å². The Labute approximate surface area is 118 Å². The Balaban J connectivity index is 1.90. The minimum absolute atomic E-state index is 0.246. The van der Waals surface area contributed by atoms with Gasteiger partial charge in [0.15, 0.2) is 0 Å². The summed E-state index contributed by atoms with van der Waals surface area (Å²) < 4.78 is 1.23. The number of aromatic nitrogens is 3. The van der Waals surface area contributed by atoms with Crippen molar-refractivity contribution in [1.82, 2.24) is 19.7 Å². The van der Waals surface area contributed by atoms with Gasteiger partial charge in [-0.15, -0.1) is 11.3 Å². The lowest BCUT2D eigenvalue weighted by Gasteiger charge is -2.15. The molecule has 0 aliphatic carbocycles. The van der Waals surface area contributed by atoms with Gasteiger partial charge in [0.25, 0.3) is 0 Å². The summed E-state index contributed by atoms with van der Waals surface area (Å²) in [5, 5.41) is 17.0. The number of carbonyl (C=O) groups is 2. The lowest BCUT2D eigenvalue weighted by molar-refractivity contribution is -0.137. The molecule has 106 valence electrons. The number of amides is 2. The standard InChI is InChI=1S/C11H13N5O3S/c1-15(3-9-6-20-7-12-9)11(19)14-8-2-13-16(4-8)5-10(17)18/h2,4,6-7H,3,5H2,1H3,(H,14,19)(H,17,18). The van der Waals surface area contributed by atoms with Crippen LogP contribution in [0.2, 0.25) is 0 Å². The number of hydrogen-bond acceptors (Lipinski definition) is 5. The minimum Gasteiger partial charge on any atom is -0.480 e. The topological polar surface area (TPSA) is 100 Å². The second-order valence-corrected chi connectivity index (χ2v) is 4.81. The molecule has 2 amide bonds. The maximum Gasteiger partial charge on any atom is 0.325 e. The Morgan fingerprint density at radius 2 is 2.35 bits per heavy atom. The van der Waals surface area contributed by atoms with Crippen molar-refractivity contribution < 1.29 is 14.7 Å². The van der Waals surface area contributed by atoms with E-state index in [1.807, 2.05) is 5.38 Å². The summed E-state index contributed by atoms with van der Waals surface area (Å²) in [6, 6.07) is -0.312. The number of rotatable bonds is 5. The predicted molar refractivity (Wildman–Crippen MR) is 72.5 cm³/mol. The molecule has 0 atom stereocenters. The van der Waals surface area contributed by atoms with Crippen molar-refractivity contribution in [3.8, 4) is 0 Å². The lowest BCUT2D eigenvalue weighted by atomic mass is 10.4. The second kappa shape index (κ2) is 6.15. The molecule has 0 unspecified atom stereocenters. The van der Waals surface area contributed by atoms with E-state index in [4.69, 9.17) is 5.11 Å². The van der Waals surface area contributed by atoms with Crippen LogP contribution in [0, 0.1) is 0 Å². The number of carboxylic acid groups (broad SMARTS) is 1. The smallest absolute Gasteiger partial charge is 0.325 e. The first-order chi connectivity index (χ1) is 9.54. The van der Waals surface area contributed by atoms with Crippen LogP contribution in [0.5, 0.6) is 0 Å². The predicted octanol–water partition coefficient (Wildman–Crippen LogP) is 1.09. The number of nitrogens with one attached hydrogen (secondary N) is 1. The molecule has 2 aromatic rings. The molecule has 2 aromatic heterocycles. The van der Waals surface area contributed by atoms with Crippen LogP contribution < -0.4 is 5.32 Å². The van der Waals surface area contributed by atoms with Gasteiger partial charge in [0, 0.05) is 18.6 Å². The van der Waals surface area contributed by atoms with Crippen LogP contribution in [-0.4, -0.2) is 43.8 Å². The van der Waals surface area contributed by atoms with Gasteiger partial charge in [0.1, 0.15) is 6.54 Å². The fourth-order valence-corrected chi connectivity index (χ4v) is 2.05. The van der Waals surface area contributed by atoms with Crippen molar-refractivity contribution in [2.75, 3.05) is 12.4 Å². The third-order valence-electron chi connectivity index (χ3n) is 2.41. The summed E-state index contributed by atoms with van der Waals surface area (Å²) in [5.41, 5.74) is 2.97. The maximum absolute atomic E-state index is 11.9. The number of aliphatic carboxylic acids is 1. The third-order valence-corrected chi connectivity index (χ3v) is 3.05. The quantitative estimate of drug-likeness (QED) is 0.860. The molecule has 0 fully saturated rings. The van der Waals surface area contributed by atoms with Gasteiger partial charge in [-0.3, -0.25) is 9.48 Å². The summed E-state index contributed by atoms with van der Waals surface area (Å²) in [6.07, 6.45) is 2.86. The van der Waals surface area contributed by atoms with Gasteiger partial charge in [-0.1, -0.05) is 0 Å². The zero-order valence-electron chi connectivity index (χ0n) is 10.7. The highest BCUT2D eigenvalue weighted by Crippen LogP contribution is 2.08. The lowest BCUT2D eigenvalue weighted by Crippen LogP contribution is -2.30. The van der Waals surface area contributed by atoms with E-state index in [-0.39, 0.29) is 12.6 Å². The SMILES string of the molecule is CN(Cc1cscn1)C(=O)Nc1cnn(CC(=O)O)c1. The largest absolute Gasteiger partial charge is 0.480 e. The van der Waals surface area contributed by atoms with E-state index >= 15 is 0 Å². The molecule has 9 heteroatoms. The first-order valence-electron chi connectivity index (χ1n) is 5.68. The molecule has 0 aromatic carbocycles. The van der Waals surface area contributed by atoms with Gasteiger partial charge in [-0.05, 0) is 0 Å². The summed E-state index contributed by atoms with van der Waals surface area (Å²) in [4.78, 5) is 28.0. The normalized spacial score (nSPS) is 10.2. The molecule has 2 N–H and O–H groups in total. The number of anilines is 1. The minimum atomic E-state index is -0.994. The van der Waals surface area contributed by atoms with Gasteiger partial charge < -0.3 is 15.3 Å². The van der Waals surface area contributed by atoms with Crippen LogP contribution in [0.1, 0.15) is 5.69 Å². The Bertz CT molecular complexity index is 595. The van der Waals surface area contributed by atoms with Crippen LogP contribution >= 0.6 is 11.3 Å². The zero-order chi connectivity index (χ0) is 14.5. The third kappa shape index (κ3) is 3.79. The van der Waals surface area contributed by atoms with Crippen LogP contribution in [0.4, 0.5) is 10.5 Å². The van der Waals surface area contributed by atoms with Crippen molar-refractivity contribution in [3.05, 3.63) is 29.0 Å². The van der Waals surface area contributed by atoms with E-state index < -0.39 is 5.97 Å². The molecule has 0 aliphatic rings. The first kappa shape index (κ1) is 14.0. The molecule has 0 spiro atoms. The highest BCUT2D eigenvalue weighted by Gasteiger charge is 2.11. The molecule has 0 bridgehead atoms. The monoisotopic (exact) mass is 295 g/mol. The number of urea groups is 1. The summed E-state index contributed by atoms with van der Waals surface area (Å²) in [6.45, 7) is 0.156. The number of carbonyl (C=O) groups excluding carboxylic acids is 1. The maximum atomic E-state index is 11.9. The fourth-order valence-electron chi connectivity index (χ4n) is 1.50. The Kier molecular flexibility index (Phi) is 4.31. The summed E-state index contributed by atoms with van der Waals surface area (Å²) in [5.74, 6) is -0.994. The summed E-state index contributed by atoms with van der Waals surface area (Å²) >= 11 is 1.47. The van der Waals surface area contributed by atoms with Crippen LogP contribution in [0.3, 0.4) is 0 Å². The van der Waals surface area contributed by atoms with Crippen LogP contribution in [0.15, 0.2) is 23.3 Å². The molecule has 0 aliphatic heterocycles. The van der Waals surface area contributed by atoms with Gasteiger partial charge >= 0.3 is 12.0 Å². The average Bonchev–Trinajstić information content (AvgIpc) is 3.00. The molecular weight excluding hydrogens is 282 g/mol. The average molecular weight is 295 g/mol. The second-order valence-electron chi connectivity index (χ2n) is 4.09. The van der Waals surface area contributed by atoms with E-state index in [0.717, 1.165) is 5.69 Å². The van der Waals surface area contributed by atoms with E-state index in [1.165, 1.54) is 33.3 Å². The molecule has 2 rings (SSSR count). The molecule has 0 saturated heterocycles. The molecule has 0 radical (unpaired) electrons. The molecule has 20 heavy (non-hydrogen) atoms. The molecule has 2 heterocycles. The van der Waals surface area contributed by atoms with E-state index in [2.05, 4.69) is 15.4 Å². The first-order valence-corrected chi connectivity index (χ1v) is 6.62. The van der Waals surface area contributed by atoms with Crippen molar-refractivity contribution in [2.45, 2.75) is 13.1 Å². The van der Waals surface area contributed by atoms with E-state index in [0.29, 0.717) is 12.2 Å². The van der Waals surface area contributed by atoms with Crippen LogP contribution in [-0.2, 0) is 17.9 Å². The van der Waals surface area contributed by atoms with E-state index in [1.54, 1.807) is 12.6 Å². The fraction of sp³-hybridized carbons (Fsp3) is 0.273. The van der Waals surface area contributed by atoms with Crippen molar-refractivity contribution in [3.63, 3.8) is 0 Å². The Morgan fingerprint density at radius 3 is 3.00 bits per heavy atom. The van der Waals surface area contributed by atoms with E-state index in [9.17, 15) is 9.59 Å². The molecule has 0 saturated carbocycles. The molecule has 8 nitrogen and oxygen atoms in total. The van der Waals surface area contributed by atoms with Gasteiger partial charge in [-0.2, -0.15) is 5.10 Å². The Morgan fingerprint density at radius 1 is 1.55 bits per heavy atom. The number of thiazole rings is 1. The van der Waals surface area contributed by atoms with Crippen molar-refractivity contribution in [1.29, 1.82) is 0 Å². The van der Waals surface area contributed by atoms with Crippen LogP contribution in [0.25, 0.3) is 0 Å². The van der Waals surface area contributed by atoms with Gasteiger partial charge in [0.05, 0.1) is 29.6 Å². The highest BCUT2D eigenvalue weighted by atomic mass is 32.1.